The Morgan fingerprint density at radius 3 is 2.31 bits per heavy atom. The van der Waals surface area contributed by atoms with Gasteiger partial charge >= 0.3 is 7.91 Å². The second kappa shape index (κ2) is 4.54. The van der Waals surface area contributed by atoms with Gasteiger partial charge in [0.1, 0.15) is 0 Å². The van der Waals surface area contributed by atoms with E-state index in [-0.39, 0.29) is 6.10 Å². The van der Waals surface area contributed by atoms with E-state index in [4.69, 9.17) is 4.52 Å². The van der Waals surface area contributed by atoms with E-state index in [2.05, 4.69) is 11.4 Å². The van der Waals surface area contributed by atoms with E-state index < -0.39 is 7.91 Å². The van der Waals surface area contributed by atoms with Crippen molar-refractivity contribution in [3.05, 3.63) is 0 Å². The molecule has 0 N–H and O–H groups in total. The summed E-state index contributed by atoms with van der Waals surface area (Å²) in [4.78, 5) is 0. The van der Waals surface area contributed by atoms with Crippen LogP contribution in [0.1, 0.15) is 32.6 Å². The highest BCUT2D eigenvalue weighted by atomic mass is 31.2. The summed E-state index contributed by atoms with van der Waals surface area (Å²) in [6.45, 7) is 2.15. The maximum Gasteiger partial charge on any atom is 0.513 e. The smallest absolute Gasteiger partial charge is 0.287 e. The summed E-state index contributed by atoms with van der Waals surface area (Å²) in [5.41, 5.74) is 0. The standard InChI is InChI=1S/C8H16FO3P/c1-7-3-5-8(6-4-7)12-13(9,10)11-2/h7-8H,3-6H2,1-2H3. The Labute approximate surface area is 78.3 Å². The number of halogens is 1. The van der Waals surface area contributed by atoms with E-state index in [1.807, 2.05) is 0 Å². The molecule has 0 aromatic carbocycles. The lowest BCUT2D eigenvalue weighted by atomic mass is 9.89. The van der Waals surface area contributed by atoms with Crippen LogP contribution in [0.5, 0.6) is 0 Å². The molecule has 0 spiro atoms. The van der Waals surface area contributed by atoms with Gasteiger partial charge in [-0.15, -0.1) is 4.20 Å². The lowest BCUT2D eigenvalue weighted by Gasteiger charge is -2.26. The third-order valence-corrected chi connectivity index (χ3v) is 3.44. The van der Waals surface area contributed by atoms with Crippen LogP contribution in [0.4, 0.5) is 4.20 Å². The van der Waals surface area contributed by atoms with Crippen LogP contribution in [0.3, 0.4) is 0 Å². The third-order valence-electron chi connectivity index (χ3n) is 2.46. The second-order valence-electron chi connectivity index (χ2n) is 3.60. The molecule has 78 valence electrons. The predicted molar refractivity (Wildman–Crippen MR) is 48.2 cm³/mol. The highest BCUT2D eigenvalue weighted by Crippen LogP contribution is 2.51. The summed E-state index contributed by atoms with van der Waals surface area (Å²) in [5.74, 6) is 0.668. The van der Waals surface area contributed by atoms with Gasteiger partial charge in [-0.1, -0.05) is 6.92 Å². The minimum atomic E-state index is -4.26. The maximum atomic E-state index is 12.8. The molecule has 0 aromatic heterocycles. The zero-order valence-corrected chi connectivity index (χ0v) is 8.93. The molecular formula is C8H16FO3P. The SMILES string of the molecule is COP(=O)(F)OC1CCC(C)CC1. The average Bonchev–Trinajstić information content (AvgIpc) is 2.09. The summed E-state index contributed by atoms with van der Waals surface area (Å²) in [6.07, 6.45) is 3.34. The molecule has 3 nitrogen and oxygen atoms in total. The monoisotopic (exact) mass is 210 g/mol. The molecule has 1 atom stereocenters. The van der Waals surface area contributed by atoms with Crippen LogP contribution < -0.4 is 0 Å². The first-order valence-electron chi connectivity index (χ1n) is 4.57. The van der Waals surface area contributed by atoms with Gasteiger partial charge < -0.3 is 0 Å². The Hall–Kier alpha value is 0.0800. The van der Waals surface area contributed by atoms with Crippen LogP contribution in [0.15, 0.2) is 0 Å². The quantitative estimate of drug-likeness (QED) is 0.670. The summed E-state index contributed by atoms with van der Waals surface area (Å²) < 4.78 is 32.5. The molecular weight excluding hydrogens is 194 g/mol. The van der Waals surface area contributed by atoms with E-state index in [0.717, 1.165) is 32.8 Å². The van der Waals surface area contributed by atoms with Crippen LogP contribution in [-0.4, -0.2) is 13.2 Å². The van der Waals surface area contributed by atoms with Crippen molar-refractivity contribution >= 4 is 7.91 Å². The summed E-state index contributed by atoms with van der Waals surface area (Å²) in [7, 11) is -3.20. The number of hydrogen-bond acceptors (Lipinski definition) is 3. The van der Waals surface area contributed by atoms with Crippen molar-refractivity contribution < 1.29 is 17.8 Å². The molecule has 1 unspecified atom stereocenters. The van der Waals surface area contributed by atoms with Gasteiger partial charge in [0, 0.05) is 7.11 Å². The first-order chi connectivity index (χ1) is 6.03. The summed E-state index contributed by atoms with van der Waals surface area (Å²) in [5, 5.41) is 0. The van der Waals surface area contributed by atoms with Crippen LogP contribution in [0, 0.1) is 5.92 Å². The summed E-state index contributed by atoms with van der Waals surface area (Å²) in [6, 6.07) is 0. The Morgan fingerprint density at radius 2 is 1.85 bits per heavy atom. The first kappa shape index (κ1) is 11.2. The van der Waals surface area contributed by atoms with Crippen LogP contribution in [-0.2, 0) is 13.6 Å². The fraction of sp³-hybridized carbons (Fsp3) is 1.00. The molecule has 1 rings (SSSR count). The van der Waals surface area contributed by atoms with Crippen molar-refractivity contribution in [3.63, 3.8) is 0 Å². The predicted octanol–water partition coefficient (Wildman–Crippen LogP) is 3.31. The highest BCUT2D eigenvalue weighted by Gasteiger charge is 2.29. The lowest BCUT2D eigenvalue weighted by Crippen LogP contribution is -2.18. The minimum Gasteiger partial charge on any atom is -0.287 e. The van der Waals surface area contributed by atoms with Gasteiger partial charge in [0.05, 0.1) is 6.10 Å². The molecule has 0 bridgehead atoms. The minimum absolute atomic E-state index is 0.230. The molecule has 1 aliphatic rings. The van der Waals surface area contributed by atoms with Gasteiger partial charge in [0.25, 0.3) is 0 Å². The van der Waals surface area contributed by atoms with Crippen molar-refractivity contribution in [1.82, 2.24) is 0 Å². The van der Waals surface area contributed by atoms with E-state index in [9.17, 15) is 8.76 Å². The van der Waals surface area contributed by atoms with E-state index >= 15 is 0 Å². The van der Waals surface area contributed by atoms with Crippen molar-refractivity contribution in [1.29, 1.82) is 0 Å². The zero-order chi connectivity index (χ0) is 9.90. The summed E-state index contributed by atoms with van der Waals surface area (Å²) >= 11 is 0. The van der Waals surface area contributed by atoms with Crippen molar-refractivity contribution in [2.24, 2.45) is 5.92 Å². The van der Waals surface area contributed by atoms with Crippen molar-refractivity contribution in [2.45, 2.75) is 38.7 Å². The Morgan fingerprint density at radius 1 is 1.31 bits per heavy atom. The molecule has 0 heterocycles. The normalized spacial score (nSPS) is 34.1. The average molecular weight is 210 g/mol. The highest BCUT2D eigenvalue weighted by molar-refractivity contribution is 7.48. The van der Waals surface area contributed by atoms with Gasteiger partial charge in [-0.3, -0.25) is 9.05 Å². The van der Waals surface area contributed by atoms with Crippen LogP contribution in [0.25, 0.3) is 0 Å². The maximum absolute atomic E-state index is 12.8. The van der Waals surface area contributed by atoms with Gasteiger partial charge in [-0.05, 0) is 31.6 Å². The van der Waals surface area contributed by atoms with Gasteiger partial charge in [0.15, 0.2) is 0 Å². The second-order valence-corrected chi connectivity index (χ2v) is 5.04. The molecule has 1 fully saturated rings. The van der Waals surface area contributed by atoms with Crippen LogP contribution in [0.2, 0.25) is 0 Å². The molecule has 0 aromatic rings. The fourth-order valence-corrected chi connectivity index (χ4v) is 2.21. The fourth-order valence-electron chi connectivity index (χ4n) is 1.56. The zero-order valence-electron chi connectivity index (χ0n) is 8.03. The number of rotatable bonds is 3. The lowest BCUT2D eigenvalue weighted by molar-refractivity contribution is 0.0965. The Balaban J connectivity index is 2.34. The van der Waals surface area contributed by atoms with Crippen LogP contribution >= 0.6 is 7.91 Å². The van der Waals surface area contributed by atoms with E-state index in [1.165, 1.54) is 0 Å². The molecule has 0 amide bonds. The Kier molecular flexibility index (Phi) is 3.89. The molecule has 1 saturated carbocycles. The van der Waals surface area contributed by atoms with Gasteiger partial charge in [-0.25, -0.2) is 4.57 Å². The molecule has 13 heavy (non-hydrogen) atoms. The molecule has 1 aliphatic carbocycles. The van der Waals surface area contributed by atoms with Gasteiger partial charge in [-0.2, -0.15) is 0 Å². The molecule has 0 radical (unpaired) electrons. The van der Waals surface area contributed by atoms with Crippen molar-refractivity contribution in [2.75, 3.05) is 7.11 Å². The Bertz CT molecular complexity index is 202. The van der Waals surface area contributed by atoms with Gasteiger partial charge in [0.2, 0.25) is 0 Å². The number of hydrogen-bond donors (Lipinski definition) is 0. The molecule has 5 heteroatoms. The molecule has 0 saturated heterocycles. The largest absolute Gasteiger partial charge is 0.513 e. The third kappa shape index (κ3) is 3.75. The van der Waals surface area contributed by atoms with E-state index in [1.54, 1.807) is 0 Å². The molecule has 0 aliphatic heterocycles. The first-order valence-corrected chi connectivity index (χ1v) is 6.00. The van der Waals surface area contributed by atoms with E-state index in [0.29, 0.717) is 5.92 Å². The topological polar surface area (TPSA) is 35.5 Å². The van der Waals surface area contributed by atoms with Crippen molar-refractivity contribution in [3.8, 4) is 0 Å².